The molecule has 2 aromatic rings. The van der Waals surface area contributed by atoms with E-state index in [0.717, 1.165) is 5.56 Å². The summed E-state index contributed by atoms with van der Waals surface area (Å²) in [6, 6.07) is 12.5. The van der Waals surface area contributed by atoms with E-state index in [1.165, 1.54) is 0 Å². The second kappa shape index (κ2) is 8.23. The summed E-state index contributed by atoms with van der Waals surface area (Å²) < 4.78 is 10.9. The van der Waals surface area contributed by atoms with Crippen molar-refractivity contribution in [2.75, 3.05) is 20.3 Å². The SMILES string of the molecule is CN(Cc1cccc(Cl)c1)C(=O)CCC(=O)c1ccc2c(c1)OCCO2. The Morgan fingerprint density at radius 2 is 1.81 bits per heavy atom. The van der Waals surface area contributed by atoms with Crippen molar-refractivity contribution < 1.29 is 19.1 Å². The zero-order chi connectivity index (χ0) is 18.5. The van der Waals surface area contributed by atoms with Crippen molar-refractivity contribution in [3.05, 3.63) is 58.6 Å². The molecule has 0 fully saturated rings. The van der Waals surface area contributed by atoms with Crippen LogP contribution in [0.1, 0.15) is 28.8 Å². The number of Topliss-reactive ketones (excluding diaryl/α,β-unsaturated/α-hetero) is 1. The molecule has 0 bridgehead atoms. The number of carbonyl (C=O) groups excluding carboxylic acids is 2. The van der Waals surface area contributed by atoms with Gasteiger partial charge in [-0.15, -0.1) is 0 Å². The molecule has 1 aliphatic rings. The second-order valence-electron chi connectivity index (χ2n) is 6.16. The van der Waals surface area contributed by atoms with Gasteiger partial charge in [0.25, 0.3) is 0 Å². The molecule has 0 spiro atoms. The highest BCUT2D eigenvalue weighted by Crippen LogP contribution is 2.31. The molecular weight excluding hydrogens is 354 g/mol. The maximum Gasteiger partial charge on any atom is 0.223 e. The van der Waals surface area contributed by atoms with Crippen molar-refractivity contribution in [1.29, 1.82) is 0 Å². The van der Waals surface area contributed by atoms with Crippen molar-refractivity contribution in [2.45, 2.75) is 19.4 Å². The first-order chi connectivity index (χ1) is 12.5. The van der Waals surface area contributed by atoms with Crippen LogP contribution in [-0.2, 0) is 11.3 Å². The first-order valence-electron chi connectivity index (χ1n) is 8.44. The van der Waals surface area contributed by atoms with E-state index in [2.05, 4.69) is 0 Å². The average molecular weight is 374 g/mol. The smallest absolute Gasteiger partial charge is 0.223 e. The summed E-state index contributed by atoms with van der Waals surface area (Å²) in [5.74, 6) is 1.04. The molecule has 1 aliphatic heterocycles. The molecule has 0 unspecified atom stereocenters. The summed E-state index contributed by atoms with van der Waals surface area (Å²) in [4.78, 5) is 26.3. The van der Waals surface area contributed by atoms with Crippen LogP contribution in [0.15, 0.2) is 42.5 Å². The van der Waals surface area contributed by atoms with Crippen LogP contribution in [0.4, 0.5) is 0 Å². The predicted molar refractivity (Wildman–Crippen MR) is 98.9 cm³/mol. The summed E-state index contributed by atoms with van der Waals surface area (Å²) >= 11 is 5.96. The molecule has 6 heteroatoms. The van der Waals surface area contributed by atoms with Gasteiger partial charge in [-0.05, 0) is 35.9 Å². The molecule has 0 atom stereocenters. The highest BCUT2D eigenvalue weighted by atomic mass is 35.5. The van der Waals surface area contributed by atoms with Crippen molar-refractivity contribution in [3.8, 4) is 11.5 Å². The van der Waals surface area contributed by atoms with Gasteiger partial charge in [-0.1, -0.05) is 23.7 Å². The Morgan fingerprint density at radius 3 is 2.58 bits per heavy atom. The number of fused-ring (bicyclic) bond motifs is 1. The summed E-state index contributed by atoms with van der Waals surface area (Å²) in [5, 5.41) is 0.636. The van der Waals surface area contributed by atoms with Gasteiger partial charge >= 0.3 is 0 Å². The number of hydrogen-bond donors (Lipinski definition) is 0. The molecule has 26 heavy (non-hydrogen) atoms. The Hall–Kier alpha value is -2.53. The lowest BCUT2D eigenvalue weighted by Crippen LogP contribution is -2.26. The number of ether oxygens (including phenoxy) is 2. The summed E-state index contributed by atoms with van der Waals surface area (Å²) in [5.41, 5.74) is 1.48. The molecule has 1 heterocycles. The van der Waals surface area contributed by atoms with Gasteiger partial charge in [0.05, 0.1) is 0 Å². The van der Waals surface area contributed by atoms with E-state index >= 15 is 0 Å². The fourth-order valence-corrected chi connectivity index (χ4v) is 2.98. The number of halogens is 1. The fraction of sp³-hybridized carbons (Fsp3) is 0.300. The average Bonchev–Trinajstić information content (AvgIpc) is 2.65. The quantitative estimate of drug-likeness (QED) is 0.724. The van der Waals surface area contributed by atoms with E-state index in [9.17, 15) is 9.59 Å². The van der Waals surface area contributed by atoms with Crippen molar-refractivity contribution in [2.24, 2.45) is 0 Å². The molecule has 3 rings (SSSR count). The third-order valence-electron chi connectivity index (χ3n) is 4.16. The number of ketones is 1. The Morgan fingerprint density at radius 1 is 1.04 bits per heavy atom. The monoisotopic (exact) mass is 373 g/mol. The molecule has 0 saturated heterocycles. The number of carbonyl (C=O) groups is 2. The van der Waals surface area contributed by atoms with Gasteiger partial charge in [0, 0.05) is 37.0 Å². The fourth-order valence-electron chi connectivity index (χ4n) is 2.77. The lowest BCUT2D eigenvalue weighted by Gasteiger charge is -2.19. The Bertz CT molecular complexity index is 821. The van der Waals surface area contributed by atoms with Crippen LogP contribution in [0.2, 0.25) is 5.02 Å². The molecular formula is C20H20ClNO4. The van der Waals surface area contributed by atoms with Gasteiger partial charge in [-0.2, -0.15) is 0 Å². The first-order valence-corrected chi connectivity index (χ1v) is 8.82. The molecule has 5 nitrogen and oxygen atoms in total. The summed E-state index contributed by atoms with van der Waals surface area (Å²) in [7, 11) is 1.72. The maximum atomic E-state index is 12.4. The van der Waals surface area contributed by atoms with Crippen molar-refractivity contribution in [3.63, 3.8) is 0 Å². The third kappa shape index (κ3) is 4.55. The van der Waals surface area contributed by atoms with Crippen LogP contribution in [0.3, 0.4) is 0 Å². The minimum atomic E-state index is -0.0912. The lowest BCUT2D eigenvalue weighted by molar-refractivity contribution is -0.130. The zero-order valence-corrected chi connectivity index (χ0v) is 15.3. The van der Waals surface area contributed by atoms with Crippen LogP contribution < -0.4 is 9.47 Å². The number of rotatable bonds is 6. The molecule has 136 valence electrons. The summed E-state index contributed by atoms with van der Waals surface area (Å²) in [6.45, 7) is 1.43. The normalized spacial score (nSPS) is 12.5. The highest BCUT2D eigenvalue weighted by molar-refractivity contribution is 6.30. The predicted octanol–water partition coefficient (Wildman–Crippen LogP) is 3.73. The molecule has 0 radical (unpaired) electrons. The minimum absolute atomic E-state index is 0.0872. The van der Waals surface area contributed by atoms with Crippen LogP contribution >= 0.6 is 11.6 Å². The van der Waals surface area contributed by atoms with E-state index in [1.807, 2.05) is 18.2 Å². The minimum Gasteiger partial charge on any atom is -0.486 e. The van der Waals surface area contributed by atoms with E-state index in [1.54, 1.807) is 36.2 Å². The van der Waals surface area contributed by atoms with E-state index in [0.29, 0.717) is 41.8 Å². The topological polar surface area (TPSA) is 55.8 Å². The van der Waals surface area contributed by atoms with Crippen LogP contribution in [-0.4, -0.2) is 36.9 Å². The van der Waals surface area contributed by atoms with Crippen molar-refractivity contribution in [1.82, 2.24) is 4.90 Å². The number of benzene rings is 2. The highest BCUT2D eigenvalue weighted by Gasteiger charge is 2.17. The zero-order valence-electron chi connectivity index (χ0n) is 14.5. The van der Waals surface area contributed by atoms with E-state index in [4.69, 9.17) is 21.1 Å². The van der Waals surface area contributed by atoms with Crippen molar-refractivity contribution >= 4 is 23.3 Å². The Labute approximate surface area is 157 Å². The summed E-state index contributed by atoms with van der Waals surface area (Å²) in [6.07, 6.45) is 0.308. The molecule has 0 saturated carbocycles. The molecule has 0 aliphatic carbocycles. The van der Waals surface area contributed by atoms with E-state index in [-0.39, 0.29) is 24.5 Å². The van der Waals surface area contributed by atoms with Gasteiger partial charge in [0.2, 0.25) is 5.91 Å². The van der Waals surface area contributed by atoms with Crippen LogP contribution in [0.25, 0.3) is 0 Å². The van der Waals surface area contributed by atoms with E-state index < -0.39 is 0 Å². The Kier molecular flexibility index (Phi) is 5.78. The van der Waals surface area contributed by atoms with Crippen LogP contribution in [0, 0.1) is 0 Å². The van der Waals surface area contributed by atoms with Gasteiger partial charge < -0.3 is 14.4 Å². The maximum absolute atomic E-state index is 12.4. The van der Waals surface area contributed by atoms with Gasteiger partial charge in [0.1, 0.15) is 13.2 Å². The molecule has 0 N–H and O–H groups in total. The largest absolute Gasteiger partial charge is 0.486 e. The van der Waals surface area contributed by atoms with Gasteiger partial charge in [-0.25, -0.2) is 0 Å². The second-order valence-corrected chi connectivity index (χ2v) is 6.60. The first kappa shape index (κ1) is 18.3. The van der Waals surface area contributed by atoms with Crippen LogP contribution in [0.5, 0.6) is 11.5 Å². The molecule has 1 amide bonds. The standard InChI is InChI=1S/C20H20ClNO4/c1-22(13-14-3-2-4-16(21)11-14)20(24)8-6-17(23)15-5-7-18-19(12-15)26-10-9-25-18/h2-5,7,11-12H,6,8-10,13H2,1H3. The molecule has 2 aromatic carbocycles. The third-order valence-corrected chi connectivity index (χ3v) is 4.40. The molecule has 0 aromatic heterocycles. The van der Waals surface area contributed by atoms with Gasteiger partial charge in [-0.3, -0.25) is 9.59 Å². The number of hydrogen-bond acceptors (Lipinski definition) is 4. The Balaban J connectivity index is 1.54. The number of nitrogens with zero attached hydrogens (tertiary/aromatic N) is 1. The number of amides is 1. The lowest BCUT2D eigenvalue weighted by atomic mass is 10.1. The van der Waals surface area contributed by atoms with Gasteiger partial charge in [0.15, 0.2) is 17.3 Å².